The average molecular weight is 284 g/mol. The first kappa shape index (κ1) is 13.5. The van der Waals surface area contributed by atoms with Crippen LogP contribution in [-0.4, -0.2) is 21.9 Å². The van der Waals surface area contributed by atoms with Gasteiger partial charge in [-0.2, -0.15) is 0 Å². The summed E-state index contributed by atoms with van der Waals surface area (Å²) in [5.41, 5.74) is 2.42. The van der Waals surface area contributed by atoms with E-state index in [0.29, 0.717) is 11.3 Å². The van der Waals surface area contributed by atoms with E-state index >= 15 is 0 Å². The van der Waals surface area contributed by atoms with Crippen molar-refractivity contribution in [2.24, 2.45) is 0 Å². The minimum absolute atomic E-state index is 0.0126. The van der Waals surface area contributed by atoms with E-state index in [4.69, 9.17) is 9.52 Å². The van der Waals surface area contributed by atoms with Gasteiger partial charge in [-0.15, -0.1) is 0 Å². The Kier molecular flexibility index (Phi) is 3.54. The predicted molar refractivity (Wildman–Crippen MR) is 80.4 cm³/mol. The van der Waals surface area contributed by atoms with Crippen molar-refractivity contribution >= 4 is 11.0 Å². The summed E-state index contributed by atoms with van der Waals surface area (Å²) in [5, 5.41) is 29.1. The van der Waals surface area contributed by atoms with Crippen molar-refractivity contribution in [3.05, 3.63) is 48.0 Å². The van der Waals surface area contributed by atoms with E-state index < -0.39 is 0 Å². The molecule has 1 aromatic heterocycles. The highest BCUT2D eigenvalue weighted by molar-refractivity contribution is 5.84. The van der Waals surface area contributed by atoms with Crippen molar-refractivity contribution in [3.8, 4) is 22.8 Å². The van der Waals surface area contributed by atoms with Crippen LogP contribution >= 0.6 is 0 Å². The smallest absolute Gasteiger partial charge is 0.139 e. The number of aliphatic hydroxyl groups is 1. The lowest BCUT2D eigenvalue weighted by Crippen LogP contribution is -1.88. The Morgan fingerprint density at radius 2 is 1.81 bits per heavy atom. The van der Waals surface area contributed by atoms with Gasteiger partial charge in [0.1, 0.15) is 22.8 Å². The van der Waals surface area contributed by atoms with Crippen LogP contribution in [-0.2, 0) is 6.42 Å². The zero-order valence-corrected chi connectivity index (χ0v) is 11.4. The molecular weight excluding hydrogens is 268 g/mol. The third-order valence-corrected chi connectivity index (χ3v) is 3.45. The quantitative estimate of drug-likeness (QED) is 0.686. The van der Waals surface area contributed by atoms with Gasteiger partial charge in [-0.25, -0.2) is 0 Å². The molecule has 0 saturated heterocycles. The Morgan fingerprint density at radius 3 is 2.57 bits per heavy atom. The molecule has 3 N–H and O–H groups in total. The molecule has 1 heterocycles. The van der Waals surface area contributed by atoms with Crippen LogP contribution in [0.25, 0.3) is 22.3 Å². The van der Waals surface area contributed by atoms with Gasteiger partial charge in [0, 0.05) is 18.1 Å². The van der Waals surface area contributed by atoms with Crippen molar-refractivity contribution in [1.82, 2.24) is 0 Å². The number of benzene rings is 2. The molecule has 0 aliphatic rings. The SMILES string of the molecule is OCCCc1ccc2oc(-c3ccc(O)cc3O)cc2c1. The maximum Gasteiger partial charge on any atom is 0.139 e. The van der Waals surface area contributed by atoms with Gasteiger partial charge in [-0.3, -0.25) is 0 Å². The maximum absolute atomic E-state index is 9.89. The van der Waals surface area contributed by atoms with E-state index in [-0.39, 0.29) is 18.1 Å². The third kappa shape index (κ3) is 2.71. The van der Waals surface area contributed by atoms with E-state index in [0.717, 1.165) is 29.4 Å². The number of phenols is 2. The second-order valence-corrected chi connectivity index (χ2v) is 5.01. The molecular formula is C17H16O4. The Labute approximate surface area is 121 Å². The molecule has 21 heavy (non-hydrogen) atoms. The molecule has 0 saturated carbocycles. The van der Waals surface area contributed by atoms with Crippen LogP contribution in [0.5, 0.6) is 11.5 Å². The van der Waals surface area contributed by atoms with Crippen LogP contribution in [0.4, 0.5) is 0 Å². The van der Waals surface area contributed by atoms with Crippen LogP contribution < -0.4 is 0 Å². The Hall–Kier alpha value is -2.46. The summed E-state index contributed by atoms with van der Waals surface area (Å²) in [5.74, 6) is 0.551. The number of furan rings is 1. The normalized spacial score (nSPS) is 11.1. The van der Waals surface area contributed by atoms with E-state index in [9.17, 15) is 10.2 Å². The van der Waals surface area contributed by atoms with E-state index in [1.165, 1.54) is 12.1 Å². The minimum atomic E-state index is -0.0189. The molecule has 0 radical (unpaired) electrons. The first-order chi connectivity index (χ1) is 10.2. The van der Waals surface area contributed by atoms with Gasteiger partial charge in [0.05, 0.1) is 5.56 Å². The molecule has 0 bridgehead atoms. The highest BCUT2D eigenvalue weighted by atomic mass is 16.3. The van der Waals surface area contributed by atoms with E-state index in [2.05, 4.69) is 0 Å². The first-order valence-electron chi connectivity index (χ1n) is 6.83. The number of aryl methyl sites for hydroxylation is 1. The molecule has 108 valence electrons. The lowest BCUT2D eigenvalue weighted by molar-refractivity contribution is 0.288. The topological polar surface area (TPSA) is 73.8 Å². The number of rotatable bonds is 4. The molecule has 0 amide bonds. The second kappa shape index (κ2) is 5.50. The zero-order valence-electron chi connectivity index (χ0n) is 11.4. The molecule has 3 aromatic rings. The van der Waals surface area contributed by atoms with Crippen LogP contribution in [0.15, 0.2) is 46.9 Å². The summed E-state index contributed by atoms with van der Waals surface area (Å²) in [7, 11) is 0. The molecule has 2 aromatic carbocycles. The summed E-state index contributed by atoms with van der Waals surface area (Å²) in [4.78, 5) is 0. The Bertz CT molecular complexity index is 774. The predicted octanol–water partition coefficient (Wildman–Crippen LogP) is 3.44. The van der Waals surface area contributed by atoms with Gasteiger partial charge in [0.25, 0.3) is 0 Å². The fourth-order valence-electron chi connectivity index (χ4n) is 2.39. The van der Waals surface area contributed by atoms with Gasteiger partial charge < -0.3 is 19.7 Å². The van der Waals surface area contributed by atoms with Crippen molar-refractivity contribution < 1.29 is 19.7 Å². The molecule has 4 heteroatoms. The van der Waals surface area contributed by atoms with Gasteiger partial charge in [-0.1, -0.05) is 6.07 Å². The van der Waals surface area contributed by atoms with Crippen molar-refractivity contribution in [2.75, 3.05) is 6.61 Å². The molecule has 0 fully saturated rings. The van der Waals surface area contributed by atoms with Gasteiger partial charge >= 0.3 is 0 Å². The molecule has 0 unspecified atom stereocenters. The van der Waals surface area contributed by atoms with Crippen LogP contribution in [0.2, 0.25) is 0 Å². The summed E-state index contributed by atoms with van der Waals surface area (Å²) in [6, 6.07) is 12.2. The summed E-state index contributed by atoms with van der Waals surface area (Å²) in [6.45, 7) is 0.177. The molecule has 0 aliphatic carbocycles. The molecule has 3 rings (SSSR count). The summed E-state index contributed by atoms with van der Waals surface area (Å²) >= 11 is 0. The maximum atomic E-state index is 9.89. The number of aliphatic hydroxyl groups excluding tert-OH is 1. The number of fused-ring (bicyclic) bond motifs is 1. The summed E-state index contributed by atoms with van der Waals surface area (Å²) in [6.07, 6.45) is 1.55. The zero-order chi connectivity index (χ0) is 14.8. The largest absolute Gasteiger partial charge is 0.508 e. The molecule has 0 atom stereocenters. The molecule has 0 aliphatic heterocycles. The van der Waals surface area contributed by atoms with E-state index in [1.807, 2.05) is 24.3 Å². The lowest BCUT2D eigenvalue weighted by Gasteiger charge is -2.00. The van der Waals surface area contributed by atoms with Gasteiger partial charge in [0.2, 0.25) is 0 Å². The standard InChI is InChI=1S/C17H16O4/c18-7-1-2-11-3-6-16-12(8-11)9-17(21-16)14-5-4-13(19)10-15(14)20/h3-6,8-10,18-20H,1-2,7H2. The first-order valence-corrected chi connectivity index (χ1v) is 6.83. The fraction of sp³-hybridized carbons (Fsp3) is 0.176. The fourth-order valence-corrected chi connectivity index (χ4v) is 2.39. The number of hydrogen-bond donors (Lipinski definition) is 3. The Morgan fingerprint density at radius 1 is 0.952 bits per heavy atom. The van der Waals surface area contributed by atoms with Crippen LogP contribution in [0.3, 0.4) is 0 Å². The van der Waals surface area contributed by atoms with Crippen molar-refractivity contribution in [3.63, 3.8) is 0 Å². The number of aromatic hydroxyl groups is 2. The minimum Gasteiger partial charge on any atom is -0.508 e. The van der Waals surface area contributed by atoms with E-state index in [1.54, 1.807) is 6.07 Å². The van der Waals surface area contributed by atoms with Crippen molar-refractivity contribution in [2.45, 2.75) is 12.8 Å². The van der Waals surface area contributed by atoms with Crippen LogP contribution in [0, 0.1) is 0 Å². The third-order valence-electron chi connectivity index (χ3n) is 3.45. The summed E-state index contributed by atoms with van der Waals surface area (Å²) < 4.78 is 5.74. The number of phenolic OH excluding ortho intramolecular Hbond substituents is 2. The van der Waals surface area contributed by atoms with Crippen LogP contribution in [0.1, 0.15) is 12.0 Å². The Balaban J connectivity index is 2.00. The molecule has 4 nitrogen and oxygen atoms in total. The number of hydrogen-bond acceptors (Lipinski definition) is 4. The lowest BCUT2D eigenvalue weighted by atomic mass is 10.1. The van der Waals surface area contributed by atoms with Crippen molar-refractivity contribution in [1.29, 1.82) is 0 Å². The monoisotopic (exact) mass is 284 g/mol. The second-order valence-electron chi connectivity index (χ2n) is 5.01. The average Bonchev–Trinajstić information content (AvgIpc) is 2.87. The highest BCUT2D eigenvalue weighted by Gasteiger charge is 2.11. The van der Waals surface area contributed by atoms with Gasteiger partial charge in [0.15, 0.2) is 0 Å². The van der Waals surface area contributed by atoms with Gasteiger partial charge in [-0.05, 0) is 48.7 Å². The highest BCUT2D eigenvalue weighted by Crippen LogP contribution is 2.35. The molecule has 0 spiro atoms.